The van der Waals surface area contributed by atoms with Crippen LogP contribution in [0.1, 0.15) is 56.7 Å². The van der Waals surface area contributed by atoms with Gasteiger partial charge in [-0.1, -0.05) is 6.92 Å². The van der Waals surface area contributed by atoms with Crippen LogP contribution in [-0.4, -0.2) is 74.6 Å². The van der Waals surface area contributed by atoms with Crippen molar-refractivity contribution in [2.75, 3.05) is 37.3 Å². The maximum Gasteiger partial charge on any atom is 0.421 e. The van der Waals surface area contributed by atoms with Crippen molar-refractivity contribution in [1.82, 2.24) is 30.0 Å². The lowest BCUT2D eigenvalue weighted by Crippen LogP contribution is -2.46. The van der Waals surface area contributed by atoms with Crippen LogP contribution in [0.2, 0.25) is 0 Å². The summed E-state index contributed by atoms with van der Waals surface area (Å²) in [6.07, 6.45) is 3.24. The van der Waals surface area contributed by atoms with Gasteiger partial charge in [-0.2, -0.15) is 23.3 Å². The Hall–Kier alpha value is -2.89. The summed E-state index contributed by atoms with van der Waals surface area (Å²) in [6.45, 7) is 3.69. The summed E-state index contributed by atoms with van der Waals surface area (Å²) in [7, 11) is 2.18. The summed E-state index contributed by atoms with van der Waals surface area (Å²) in [5.74, 6) is -0.129. The number of amides is 1. The molecule has 3 aliphatic rings. The lowest BCUT2D eigenvalue weighted by Gasteiger charge is -2.43. The summed E-state index contributed by atoms with van der Waals surface area (Å²) < 4.78 is 40.7. The van der Waals surface area contributed by atoms with Gasteiger partial charge in [0.25, 0.3) is 0 Å². The number of β-lactam (4-membered cyclic amide) rings is 1. The van der Waals surface area contributed by atoms with E-state index in [9.17, 15) is 18.0 Å². The molecule has 35 heavy (non-hydrogen) atoms. The van der Waals surface area contributed by atoms with Crippen molar-refractivity contribution in [1.29, 1.82) is 0 Å². The van der Waals surface area contributed by atoms with Gasteiger partial charge in [-0.15, -0.1) is 0 Å². The SMILES string of the molecule is CN1C2CCC1CC(C)(c1[nH]ncc1Nc1ncc(C(F)(F)F)c(NCCCN3CCC3=O)n1)C2. The molecule has 12 heteroatoms. The third-order valence-corrected chi connectivity index (χ3v) is 7.79. The van der Waals surface area contributed by atoms with Crippen LogP contribution in [0.4, 0.5) is 30.6 Å². The molecular formula is C23H31F3N8O. The standard InChI is InChI=1S/C23H31F3N8O/c1-22(10-14-4-5-15(11-22)33(14)2)19-17(13-29-32-19)30-21-28-12-16(23(24,25)26)20(31-21)27-7-3-8-34-9-6-18(34)35/h12-15H,3-11H2,1-2H3,(H,29,32)(H2,27,28,30,31). The van der Waals surface area contributed by atoms with Gasteiger partial charge >= 0.3 is 6.18 Å². The molecule has 9 nitrogen and oxygen atoms in total. The van der Waals surface area contributed by atoms with Crippen LogP contribution in [0.25, 0.3) is 0 Å². The molecule has 5 heterocycles. The fraction of sp³-hybridized carbons (Fsp3) is 0.652. The van der Waals surface area contributed by atoms with E-state index in [2.05, 4.69) is 49.7 Å². The van der Waals surface area contributed by atoms with E-state index in [1.54, 1.807) is 11.1 Å². The number of hydrogen-bond donors (Lipinski definition) is 3. The molecule has 190 valence electrons. The van der Waals surface area contributed by atoms with Crippen molar-refractivity contribution >= 4 is 23.4 Å². The van der Waals surface area contributed by atoms with E-state index in [4.69, 9.17) is 0 Å². The summed E-state index contributed by atoms with van der Waals surface area (Å²) in [5.41, 5.74) is 0.561. The number of carbonyl (C=O) groups is 1. The zero-order chi connectivity index (χ0) is 24.8. The molecule has 0 aromatic carbocycles. The molecule has 2 aromatic rings. The van der Waals surface area contributed by atoms with E-state index in [1.165, 1.54) is 12.8 Å². The number of rotatable bonds is 8. The van der Waals surface area contributed by atoms with Crippen molar-refractivity contribution in [3.8, 4) is 0 Å². The summed E-state index contributed by atoms with van der Waals surface area (Å²) in [6, 6.07) is 1.03. The molecule has 3 fully saturated rings. The third-order valence-electron chi connectivity index (χ3n) is 7.79. The third kappa shape index (κ3) is 4.67. The minimum absolute atomic E-state index is 0.0700. The van der Waals surface area contributed by atoms with Gasteiger partial charge in [0, 0.05) is 49.8 Å². The molecule has 3 saturated heterocycles. The number of likely N-dealkylation sites (tertiary alicyclic amines) is 1. The largest absolute Gasteiger partial charge is 0.421 e. The molecule has 2 aromatic heterocycles. The Morgan fingerprint density at radius 2 is 1.97 bits per heavy atom. The minimum Gasteiger partial charge on any atom is -0.369 e. The molecule has 3 aliphatic heterocycles. The number of aromatic amines is 1. The second-order valence-corrected chi connectivity index (χ2v) is 10.2. The summed E-state index contributed by atoms with van der Waals surface area (Å²) in [4.78, 5) is 23.7. The molecule has 0 saturated carbocycles. The summed E-state index contributed by atoms with van der Waals surface area (Å²) in [5, 5.41) is 13.2. The van der Waals surface area contributed by atoms with Crippen LogP contribution < -0.4 is 10.6 Å². The average Bonchev–Trinajstić information content (AvgIpc) is 3.34. The van der Waals surface area contributed by atoms with Gasteiger partial charge in [0.15, 0.2) is 0 Å². The van der Waals surface area contributed by atoms with Crippen molar-refractivity contribution in [2.45, 2.75) is 69.1 Å². The normalized spacial score (nSPS) is 26.7. The highest BCUT2D eigenvalue weighted by molar-refractivity contribution is 5.81. The van der Waals surface area contributed by atoms with Crippen molar-refractivity contribution in [3.63, 3.8) is 0 Å². The zero-order valence-corrected chi connectivity index (χ0v) is 20.0. The zero-order valence-electron chi connectivity index (χ0n) is 20.0. The van der Waals surface area contributed by atoms with E-state index in [1.807, 2.05) is 0 Å². The van der Waals surface area contributed by atoms with Crippen LogP contribution >= 0.6 is 0 Å². The Balaban J connectivity index is 1.31. The van der Waals surface area contributed by atoms with E-state index in [0.29, 0.717) is 43.7 Å². The number of hydrogen-bond acceptors (Lipinski definition) is 7. The van der Waals surface area contributed by atoms with Crippen LogP contribution in [-0.2, 0) is 16.4 Å². The first kappa shape index (κ1) is 23.8. The number of H-pyrrole nitrogens is 1. The van der Waals surface area contributed by atoms with Crippen molar-refractivity contribution in [2.24, 2.45) is 0 Å². The number of aromatic nitrogens is 4. The average molecular weight is 493 g/mol. The van der Waals surface area contributed by atoms with Crippen LogP contribution in [0.15, 0.2) is 12.4 Å². The number of piperidine rings is 1. The van der Waals surface area contributed by atoms with Gasteiger partial charge in [0.2, 0.25) is 11.9 Å². The van der Waals surface area contributed by atoms with Crippen molar-refractivity contribution in [3.05, 3.63) is 23.7 Å². The molecule has 0 radical (unpaired) electrons. The van der Waals surface area contributed by atoms with Gasteiger partial charge in [0.05, 0.1) is 17.6 Å². The first-order valence-corrected chi connectivity index (χ1v) is 12.1. The Bertz CT molecular complexity index is 1070. The highest BCUT2D eigenvalue weighted by Crippen LogP contribution is 2.47. The lowest BCUT2D eigenvalue weighted by atomic mass is 9.74. The molecule has 2 unspecified atom stereocenters. The van der Waals surface area contributed by atoms with Crippen LogP contribution in [0.5, 0.6) is 0 Å². The maximum atomic E-state index is 13.6. The molecule has 2 atom stereocenters. The van der Waals surface area contributed by atoms with Gasteiger partial charge < -0.3 is 20.4 Å². The second-order valence-electron chi connectivity index (χ2n) is 10.2. The number of anilines is 3. The molecule has 0 aliphatic carbocycles. The first-order chi connectivity index (χ1) is 16.6. The first-order valence-electron chi connectivity index (χ1n) is 12.1. The smallest absolute Gasteiger partial charge is 0.369 e. The Labute approximate surface area is 201 Å². The highest BCUT2D eigenvalue weighted by atomic mass is 19.4. The molecule has 1 amide bonds. The predicted molar refractivity (Wildman–Crippen MR) is 124 cm³/mol. The van der Waals surface area contributed by atoms with Crippen LogP contribution in [0.3, 0.4) is 0 Å². The van der Waals surface area contributed by atoms with E-state index < -0.39 is 11.7 Å². The monoisotopic (exact) mass is 492 g/mol. The Morgan fingerprint density at radius 1 is 1.23 bits per heavy atom. The number of nitrogens with one attached hydrogen (secondary N) is 3. The quantitative estimate of drug-likeness (QED) is 0.383. The highest BCUT2D eigenvalue weighted by Gasteiger charge is 2.46. The molecule has 0 spiro atoms. The Kier molecular flexibility index (Phi) is 6.10. The van der Waals surface area contributed by atoms with Gasteiger partial charge in [-0.05, 0) is 39.2 Å². The number of nitrogens with zero attached hydrogens (tertiary/aromatic N) is 5. The number of carbonyl (C=O) groups excluding carboxylic acids is 1. The van der Waals surface area contributed by atoms with E-state index in [-0.39, 0.29) is 29.6 Å². The molecule has 3 N–H and O–H groups in total. The lowest BCUT2D eigenvalue weighted by molar-refractivity contribution is -0.139. The number of alkyl halides is 3. The maximum absolute atomic E-state index is 13.6. The predicted octanol–water partition coefficient (Wildman–Crippen LogP) is 3.51. The van der Waals surface area contributed by atoms with E-state index >= 15 is 0 Å². The fourth-order valence-electron chi connectivity index (χ4n) is 5.73. The Morgan fingerprint density at radius 3 is 2.60 bits per heavy atom. The van der Waals surface area contributed by atoms with Gasteiger partial charge in [-0.25, -0.2) is 4.98 Å². The fourth-order valence-corrected chi connectivity index (χ4v) is 5.73. The van der Waals surface area contributed by atoms with Gasteiger partial charge in [0.1, 0.15) is 11.4 Å². The van der Waals surface area contributed by atoms with E-state index in [0.717, 1.165) is 24.7 Å². The number of halogens is 3. The van der Waals surface area contributed by atoms with Gasteiger partial charge in [-0.3, -0.25) is 9.89 Å². The van der Waals surface area contributed by atoms with Crippen molar-refractivity contribution < 1.29 is 18.0 Å². The minimum atomic E-state index is -4.59. The molecule has 5 rings (SSSR count). The molecular weight excluding hydrogens is 461 g/mol. The second kappa shape index (κ2) is 8.96. The van der Waals surface area contributed by atoms with Crippen LogP contribution in [0, 0.1) is 0 Å². The summed E-state index contributed by atoms with van der Waals surface area (Å²) >= 11 is 0. The number of fused-ring (bicyclic) bond motifs is 2. The molecule has 2 bridgehead atoms. The topological polar surface area (TPSA) is 102 Å².